The van der Waals surface area contributed by atoms with Crippen molar-refractivity contribution >= 4 is 43.2 Å². The van der Waals surface area contributed by atoms with E-state index in [0.29, 0.717) is 0 Å². The highest BCUT2D eigenvalue weighted by atomic mass is 79.9. The summed E-state index contributed by atoms with van der Waals surface area (Å²) in [5, 5.41) is 0.781. The van der Waals surface area contributed by atoms with Crippen LogP contribution < -0.4 is 4.74 Å². The normalized spacial score (nSPS) is 10.1. The first-order valence-corrected chi connectivity index (χ1v) is 6.23. The first-order valence-electron chi connectivity index (χ1n) is 3.77. The zero-order valence-electron chi connectivity index (χ0n) is 6.91. The van der Waals surface area contributed by atoms with Gasteiger partial charge in [0.05, 0.1) is 16.2 Å². The molecule has 72 valence electrons. The highest BCUT2D eigenvalue weighted by Gasteiger charge is 2.04. The van der Waals surface area contributed by atoms with Crippen molar-refractivity contribution in [3.8, 4) is 10.8 Å². The van der Waals surface area contributed by atoms with Gasteiger partial charge in [0.15, 0.2) is 0 Å². The van der Waals surface area contributed by atoms with Gasteiger partial charge in [-0.1, -0.05) is 27.3 Å². The number of thiazole rings is 1. The molecule has 0 fully saturated rings. The van der Waals surface area contributed by atoms with E-state index in [2.05, 4.69) is 36.8 Å². The lowest BCUT2D eigenvalue weighted by molar-refractivity contribution is 0.491. The Balaban J connectivity index is 2.28. The highest BCUT2D eigenvalue weighted by Crippen LogP contribution is 2.33. The monoisotopic (exact) mass is 333 g/mol. The summed E-state index contributed by atoms with van der Waals surface area (Å²) in [4.78, 5) is 3.94. The summed E-state index contributed by atoms with van der Waals surface area (Å²) < 4.78 is 7.52. The van der Waals surface area contributed by atoms with E-state index in [9.17, 15) is 0 Å². The van der Waals surface area contributed by atoms with Crippen molar-refractivity contribution in [2.45, 2.75) is 0 Å². The lowest BCUT2D eigenvalue weighted by atomic mass is 10.3. The minimum Gasteiger partial charge on any atom is -0.444 e. The minimum absolute atomic E-state index is 0.781. The summed E-state index contributed by atoms with van der Waals surface area (Å²) in [6.07, 6.45) is 1.69. The summed E-state index contributed by atoms with van der Waals surface area (Å²) in [7, 11) is 0. The van der Waals surface area contributed by atoms with Crippen molar-refractivity contribution < 1.29 is 4.74 Å². The molecule has 0 bridgehead atoms. The van der Waals surface area contributed by atoms with Crippen molar-refractivity contribution in [1.82, 2.24) is 4.98 Å². The molecule has 1 aromatic carbocycles. The van der Waals surface area contributed by atoms with Gasteiger partial charge < -0.3 is 4.74 Å². The zero-order chi connectivity index (χ0) is 9.97. The predicted octanol–water partition coefficient (Wildman–Crippen LogP) is 4.46. The molecule has 5 heteroatoms. The van der Waals surface area contributed by atoms with E-state index in [1.165, 1.54) is 11.3 Å². The lowest BCUT2D eigenvalue weighted by Gasteiger charge is -2.04. The molecule has 2 aromatic rings. The van der Waals surface area contributed by atoms with Gasteiger partial charge in [-0.25, -0.2) is 4.98 Å². The predicted molar refractivity (Wildman–Crippen MR) is 64.0 cm³/mol. The van der Waals surface area contributed by atoms with Crippen LogP contribution in [-0.4, -0.2) is 4.98 Å². The van der Waals surface area contributed by atoms with Crippen LogP contribution in [0.15, 0.2) is 38.9 Å². The third-order valence-corrected chi connectivity index (χ3v) is 3.31. The molecule has 0 aliphatic carbocycles. The number of ether oxygens (including phenoxy) is 1. The topological polar surface area (TPSA) is 22.1 Å². The number of benzene rings is 1. The molecule has 1 heterocycles. The van der Waals surface area contributed by atoms with Gasteiger partial charge in [0, 0.05) is 4.47 Å². The first-order chi connectivity index (χ1) is 6.75. The van der Waals surface area contributed by atoms with Crippen LogP contribution in [-0.2, 0) is 0 Å². The summed E-state index contributed by atoms with van der Waals surface area (Å²) in [6, 6.07) is 5.79. The van der Waals surface area contributed by atoms with Crippen LogP contribution in [0, 0.1) is 0 Å². The number of hydrogen-bond donors (Lipinski definition) is 0. The Labute approximate surface area is 102 Å². The molecule has 0 aliphatic rings. The van der Waals surface area contributed by atoms with E-state index >= 15 is 0 Å². The largest absolute Gasteiger partial charge is 0.444 e. The molecular weight excluding hydrogens is 330 g/mol. The smallest absolute Gasteiger partial charge is 0.200 e. The van der Waals surface area contributed by atoms with Crippen molar-refractivity contribution in [2.24, 2.45) is 0 Å². The maximum absolute atomic E-state index is 5.61. The van der Waals surface area contributed by atoms with E-state index in [1.807, 2.05) is 18.2 Å². The van der Waals surface area contributed by atoms with Crippen molar-refractivity contribution in [3.63, 3.8) is 0 Å². The van der Waals surface area contributed by atoms with E-state index < -0.39 is 0 Å². The van der Waals surface area contributed by atoms with Gasteiger partial charge in [0.25, 0.3) is 0 Å². The third kappa shape index (κ3) is 2.34. The zero-order valence-corrected chi connectivity index (χ0v) is 10.9. The second-order valence-electron chi connectivity index (χ2n) is 2.50. The maximum Gasteiger partial charge on any atom is 0.200 e. The maximum atomic E-state index is 5.61. The van der Waals surface area contributed by atoms with E-state index in [4.69, 9.17) is 4.74 Å². The Morgan fingerprint density at radius 2 is 2.14 bits per heavy atom. The quantitative estimate of drug-likeness (QED) is 0.808. The molecule has 0 saturated carbocycles. The highest BCUT2D eigenvalue weighted by molar-refractivity contribution is 9.11. The van der Waals surface area contributed by atoms with E-state index in [0.717, 1.165) is 19.8 Å². The molecule has 0 amide bonds. The minimum atomic E-state index is 0.781. The van der Waals surface area contributed by atoms with Crippen molar-refractivity contribution in [1.29, 1.82) is 0 Å². The van der Waals surface area contributed by atoms with Gasteiger partial charge in [-0.2, -0.15) is 0 Å². The molecule has 2 nitrogen and oxygen atoms in total. The summed E-state index contributed by atoms with van der Waals surface area (Å²) >= 11 is 8.26. The van der Waals surface area contributed by atoms with Gasteiger partial charge in [-0.15, -0.1) is 0 Å². The summed E-state index contributed by atoms with van der Waals surface area (Å²) in [5.41, 5.74) is 1.74. The average Bonchev–Trinajstić information content (AvgIpc) is 2.64. The van der Waals surface area contributed by atoms with Crippen LogP contribution in [0.25, 0.3) is 0 Å². The Kier molecular flexibility index (Phi) is 3.20. The van der Waals surface area contributed by atoms with Crippen LogP contribution in [0.5, 0.6) is 10.8 Å². The van der Waals surface area contributed by atoms with Gasteiger partial charge in [-0.3, -0.25) is 0 Å². The number of hydrogen-bond acceptors (Lipinski definition) is 3. The second-order valence-corrected chi connectivity index (χ2v) is 5.12. The standard InChI is InChI=1S/C9H5Br2NOS/c10-6-1-2-7(11)8(3-6)13-9-4-12-5-14-9/h1-5H. The molecule has 1 aromatic heterocycles. The molecular formula is C9H5Br2NOS. The second kappa shape index (κ2) is 4.42. The average molecular weight is 335 g/mol. The van der Waals surface area contributed by atoms with Gasteiger partial charge >= 0.3 is 0 Å². The van der Waals surface area contributed by atoms with Crippen LogP contribution in [0.3, 0.4) is 0 Å². The van der Waals surface area contributed by atoms with E-state index in [-0.39, 0.29) is 0 Å². The number of nitrogens with zero attached hydrogens (tertiary/aromatic N) is 1. The number of halogens is 2. The SMILES string of the molecule is Brc1ccc(Br)c(Oc2cncs2)c1. The Morgan fingerprint density at radius 1 is 1.29 bits per heavy atom. The Bertz CT molecular complexity index is 430. The molecule has 0 N–H and O–H groups in total. The van der Waals surface area contributed by atoms with Crippen LogP contribution in [0.4, 0.5) is 0 Å². The summed E-state index contributed by atoms with van der Waals surface area (Å²) in [6.45, 7) is 0. The Hall–Kier alpha value is -0.390. The molecule has 0 spiro atoms. The molecule has 0 aliphatic heterocycles. The number of aromatic nitrogens is 1. The van der Waals surface area contributed by atoms with Crippen LogP contribution >= 0.6 is 43.2 Å². The van der Waals surface area contributed by atoms with Crippen LogP contribution in [0.2, 0.25) is 0 Å². The molecule has 0 saturated heterocycles. The van der Waals surface area contributed by atoms with Gasteiger partial charge in [-0.05, 0) is 34.1 Å². The van der Waals surface area contributed by atoms with Crippen molar-refractivity contribution in [2.75, 3.05) is 0 Å². The van der Waals surface area contributed by atoms with Gasteiger partial charge in [0.2, 0.25) is 5.06 Å². The molecule has 0 unspecified atom stereocenters. The fourth-order valence-electron chi connectivity index (χ4n) is 0.918. The first kappa shape index (κ1) is 10.1. The lowest BCUT2D eigenvalue weighted by Crippen LogP contribution is -1.82. The molecule has 14 heavy (non-hydrogen) atoms. The fraction of sp³-hybridized carbons (Fsp3) is 0. The van der Waals surface area contributed by atoms with Gasteiger partial charge in [0.1, 0.15) is 5.75 Å². The van der Waals surface area contributed by atoms with E-state index in [1.54, 1.807) is 11.7 Å². The Morgan fingerprint density at radius 3 is 2.86 bits per heavy atom. The molecule has 0 radical (unpaired) electrons. The van der Waals surface area contributed by atoms with Crippen molar-refractivity contribution in [3.05, 3.63) is 38.9 Å². The fourth-order valence-corrected chi connectivity index (χ4v) is 2.07. The molecule has 0 atom stereocenters. The van der Waals surface area contributed by atoms with Crippen LogP contribution in [0.1, 0.15) is 0 Å². The molecule has 2 rings (SSSR count). The number of rotatable bonds is 2. The third-order valence-electron chi connectivity index (χ3n) is 1.51. The summed E-state index contributed by atoms with van der Waals surface area (Å²) in [5.74, 6) is 0.781.